The monoisotopic (exact) mass is 252 g/mol. The molecule has 0 saturated heterocycles. The topological polar surface area (TPSA) is 35.5 Å². The Morgan fingerprint density at radius 3 is 2.82 bits per heavy atom. The first-order valence-corrected chi connectivity index (χ1v) is 6.13. The predicted octanol–water partition coefficient (Wildman–Crippen LogP) is 2.75. The summed E-state index contributed by atoms with van der Waals surface area (Å²) in [6.45, 7) is 5.82. The zero-order chi connectivity index (χ0) is 12.6. The molecule has 2 rings (SSSR count). The van der Waals surface area contributed by atoms with Gasteiger partial charge in [-0.1, -0.05) is 0 Å². The van der Waals surface area contributed by atoms with E-state index in [9.17, 15) is 4.79 Å². The van der Waals surface area contributed by atoms with E-state index in [0.29, 0.717) is 6.42 Å². The predicted molar refractivity (Wildman–Crippen MR) is 69.7 cm³/mol. The number of carbonyl (C=O) groups excluding carboxylic acids is 1. The first-order valence-electron chi connectivity index (χ1n) is 5.66. The summed E-state index contributed by atoms with van der Waals surface area (Å²) in [5.41, 5.74) is 2.57. The third-order valence-corrected chi connectivity index (χ3v) is 3.64. The fourth-order valence-electron chi connectivity index (χ4n) is 2.23. The molecular formula is C13H17O3P. The molecule has 1 aromatic carbocycles. The lowest BCUT2D eigenvalue weighted by molar-refractivity contribution is -0.121. The summed E-state index contributed by atoms with van der Waals surface area (Å²) in [6, 6.07) is 1.94. The Morgan fingerprint density at radius 2 is 2.24 bits per heavy atom. The summed E-state index contributed by atoms with van der Waals surface area (Å²) in [4.78, 5) is 11.1. The molecule has 1 aliphatic heterocycles. The number of aryl methyl sites for hydroxylation is 1. The van der Waals surface area contributed by atoms with Gasteiger partial charge in [-0.15, -0.1) is 0 Å². The van der Waals surface area contributed by atoms with Gasteiger partial charge in [-0.3, -0.25) is 4.79 Å². The Bertz CT molecular complexity index is 470. The molecule has 1 aromatic rings. The minimum Gasteiger partial charge on any atom is -0.480 e. The fraction of sp³-hybridized carbons (Fsp3) is 0.462. The number of carbonyl (C=O) groups is 1. The van der Waals surface area contributed by atoms with Gasteiger partial charge in [0.25, 0.3) is 0 Å². The molecule has 0 spiro atoms. The van der Waals surface area contributed by atoms with Crippen molar-refractivity contribution in [3.63, 3.8) is 0 Å². The number of benzene rings is 1. The van der Waals surface area contributed by atoms with Gasteiger partial charge < -0.3 is 9.26 Å². The second-order valence-electron chi connectivity index (χ2n) is 4.77. The zero-order valence-corrected chi connectivity index (χ0v) is 11.5. The molecule has 0 aliphatic carbocycles. The van der Waals surface area contributed by atoms with Crippen molar-refractivity contribution < 1.29 is 14.1 Å². The van der Waals surface area contributed by atoms with Crippen LogP contribution >= 0.6 is 9.47 Å². The summed E-state index contributed by atoms with van der Waals surface area (Å²) in [7, 11) is 2.27. The summed E-state index contributed by atoms with van der Waals surface area (Å²) in [5, 5.41) is 0. The highest BCUT2D eigenvalue weighted by Gasteiger charge is 2.33. The van der Waals surface area contributed by atoms with E-state index in [1.54, 1.807) is 0 Å². The molecule has 0 radical (unpaired) electrons. The minimum atomic E-state index is -0.687. The molecule has 17 heavy (non-hydrogen) atoms. The number of aldehydes is 1. The molecule has 0 N–H and O–H groups in total. The van der Waals surface area contributed by atoms with Crippen LogP contribution in [0.25, 0.3) is 0 Å². The average molecular weight is 252 g/mol. The lowest BCUT2D eigenvalue weighted by Gasteiger charge is -2.33. The Balaban J connectivity index is 2.53. The van der Waals surface area contributed by atoms with Crippen LogP contribution in [-0.2, 0) is 11.2 Å². The Kier molecular flexibility index (Phi) is 3.13. The fourth-order valence-corrected chi connectivity index (χ4v) is 2.48. The number of hydrogen-bond acceptors (Lipinski definition) is 3. The van der Waals surface area contributed by atoms with Crippen molar-refractivity contribution >= 4 is 15.8 Å². The van der Waals surface area contributed by atoms with Crippen LogP contribution in [0.3, 0.4) is 0 Å². The minimum absolute atomic E-state index is 0.687. The number of fused-ring (bicyclic) bond motifs is 1. The van der Waals surface area contributed by atoms with E-state index in [-0.39, 0.29) is 0 Å². The first-order chi connectivity index (χ1) is 8.00. The smallest absolute Gasteiger partial charge is 0.163 e. The van der Waals surface area contributed by atoms with Gasteiger partial charge in [0, 0.05) is 5.56 Å². The average Bonchev–Trinajstić information content (AvgIpc) is 2.33. The summed E-state index contributed by atoms with van der Waals surface area (Å²) < 4.78 is 11.1. The van der Waals surface area contributed by atoms with Crippen LogP contribution in [0, 0.1) is 13.8 Å². The second kappa shape index (κ2) is 4.30. The second-order valence-corrected chi connectivity index (χ2v) is 5.01. The molecule has 1 aliphatic rings. The molecule has 1 unspecified atom stereocenters. The van der Waals surface area contributed by atoms with Gasteiger partial charge in [0.05, 0.1) is 9.47 Å². The molecule has 0 fully saturated rings. The van der Waals surface area contributed by atoms with E-state index in [0.717, 1.165) is 40.9 Å². The van der Waals surface area contributed by atoms with Gasteiger partial charge in [0.1, 0.15) is 11.5 Å². The quantitative estimate of drug-likeness (QED) is 0.599. The van der Waals surface area contributed by atoms with Crippen LogP contribution < -0.4 is 9.26 Å². The van der Waals surface area contributed by atoms with Crippen molar-refractivity contribution in [1.82, 2.24) is 0 Å². The van der Waals surface area contributed by atoms with Crippen molar-refractivity contribution in [3.05, 3.63) is 22.8 Å². The molecule has 92 valence electrons. The van der Waals surface area contributed by atoms with E-state index in [1.807, 2.05) is 26.8 Å². The first kappa shape index (κ1) is 12.4. The third kappa shape index (κ3) is 2.04. The van der Waals surface area contributed by atoms with Crippen molar-refractivity contribution in [2.24, 2.45) is 0 Å². The molecular weight excluding hydrogens is 235 g/mol. The lowest BCUT2D eigenvalue weighted by atomic mass is 9.89. The Hall–Kier alpha value is -1.08. The summed E-state index contributed by atoms with van der Waals surface area (Å²) in [5.74, 6) is 1.69. The van der Waals surface area contributed by atoms with Crippen molar-refractivity contribution in [3.8, 4) is 11.5 Å². The third-order valence-electron chi connectivity index (χ3n) is 3.38. The highest BCUT2D eigenvalue weighted by molar-refractivity contribution is 7.10. The largest absolute Gasteiger partial charge is 0.480 e. The maximum Gasteiger partial charge on any atom is 0.163 e. The van der Waals surface area contributed by atoms with Crippen LogP contribution in [0.1, 0.15) is 30.0 Å². The maximum atomic E-state index is 11.1. The van der Waals surface area contributed by atoms with E-state index >= 15 is 0 Å². The van der Waals surface area contributed by atoms with E-state index in [1.165, 1.54) is 0 Å². The van der Waals surface area contributed by atoms with Gasteiger partial charge in [0.15, 0.2) is 11.9 Å². The number of hydrogen-bond donors (Lipinski definition) is 0. The maximum absolute atomic E-state index is 11.1. The molecule has 4 heteroatoms. The van der Waals surface area contributed by atoms with Gasteiger partial charge in [-0.05, 0) is 50.8 Å². The molecule has 1 heterocycles. The van der Waals surface area contributed by atoms with Crippen LogP contribution in [-0.4, -0.2) is 11.9 Å². The van der Waals surface area contributed by atoms with Gasteiger partial charge >= 0.3 is 0 Å². The van der Waals surface area contributed by atoms with Crippen LogP contribution in [0.5, 0.6) is 11.5 Å². The zero-order valence-electron chi connectivity index (χ0n) is 10.4. The van der Waals surface area contributed by atoms with Crippen molar-refractivity contribution in [2.75, 3.05) is 0 Å². The van der Waals surface area contributed by atoms with Crippen LogP contribution in [0.2, 0.25) is 0 Å². The van der Waals surface area contributed by atoms with Crippen LogP contribution in [0.15, 0.2) is 6.07 Å². The number of rotatable bonds is 2. The number of ether oxygens (including phenoxy) is 1. The van der Waals surface area contributed by atoms with E-state index < -0.39 is 5.60 Å². The summed E-state index contributed by atoms with van der Waals surface area (Å²) >= 11 is 0. The van der Waals surface area contributed by atoms with Crippen LogP contribution in [0.4, 0.5) is 0 Å². The molecule has 0 aromatic heterocycles. The normalized spacial score (nSPS) is 22.6. The molecule has 0 saturated carbocycles. The highest BCUT2D eigenvalue weighted by Crippen LogP contribution is 2.40. The van der Waals surface area contributed by atoms with Gasteiger partial charge in [0.2, 0.25) is 0 Å². The molecule has 0 amide bonds. The van der Waals surface area contributed by atoms with Gasteiger partial charge in [-0.25, -0.2) is 0 Å². The molecule has 3 nitrogen and oxygen atoms in total. The SMILES string of the molecule is Cc1cc(OP)c(C)c2c1O[C@](C)(C=O)CC2. The highest BCUT2D eigenvalue weighted by atomic mass is 31.0. The lowest BCUT2D eigenvalue weighted by Crippen LogP contribution is -2.38. The van der Waals surface area contributed by atoms with Gasteiger partial charge in [-0.2, -0.15) is 0 Å². The summed E-state index contributed by atoms with van der Waals surface area (Å²) in [6.07, 6.45) is 2.45. The Morgan fingerprint density at radius 1 is 1.53 bits per heavy atom. The molecule has 0 bridgehead atoms. The van der Waals surface area contributed by atoms with E-state index in [2.05, 4.69) is 9.47 Å². The van der Waals surface area contributed by atoms with Crippen molar-refractivity contribution in [1.29, 1.82) is 0 Å². The van der Waals surface area contributed by atoms with Crippen molar-refractivity contribution in [2.45, 2.75) is 39.2 Å². The Labute approximate surface area is 104 Å². The van der Waals surface area contributed by atoms with E-state index in [4.69, 9.17) is 9.26 Å². The molecule has 2 atom stereocenters. The standard InChI is InChI=1S/C13H17O3P/c1-8-6-11(16-17)9(2)10-4-5-13(3,7-14)15-12(8)10/h6-7H,4-5,17H2,1-3H3/t13-/m0/s1.